The summed E-state index contributed by atoms with van der Waals surface area (Å²) in [5, 5.41) is 8.68. The van der Waals surface area contributed by atoms with E-state index < -0.39 is 0 Å². The van der Waals surface area contributed by atoms with E-state index >= 15 is 0 Å². The van der Waals surface area contributed by atoms with Gasteiger partial charge in [0.15, 0.2) is 0 Å². The van der Waals surface area contributed by atoms with Crippen molar-refractivity contribution in [3.8, 4) is 5.75 Å². The molecule has 0 heterocycles. The lowest BCUT2D eigenvalue weighted by Gasteiger charge is -2.12. The first-order chi connectivity index (χ1) is 14.1. The number of nitrogens with one attached hydrogen (secondary N) is 3. The number of carbonyl (C=O) groups excluding carboxylic acids is 2. The second kappa shape index (κ2) is 12.2. The van der Waals surface area contributed by atoms with E-state index in [2.05, 4.69) is 22.5 Å². The molecule has 0 saturated carbocycles. The summed E-state index contributed by atoms with van der Waals surface area (Å²) in [6, 6.07) is 14.2. The fourth-order valence-electron chi connectivity index (χ4n) is 2.48. The topological polar surface area (TPSA) is 88.7 Å². The lowest BCUT2D eigenvalue weighted by molar-refractivity contribution is -0.114. The molecule has 0 fully saturated rings. The van der Waals surface area contributed by atoms with Crippen LogP contribution in [0.15, 0.2) is 61.2 Å². The van der Waals surface area contributed by atoms with E-state index in [0.717, 1.165) is 12.1 Å². The van der Waals surface area contributed by atoms with Crippen LogP contribution in [0, 0.1) is 0 Å². The van der Waals surface area contributed by atoms with Crippen LogP contribution in [0.3, 0.4) is 0 Å². The number of hydrogen-bond acceptors (Lipinski definition) is 5. The van der Waals surface area contributed by atoms with Crippen LogP contribution in [0.4, 0.5) is 11.4 Å². The Morgan fingerprint density at radius 2 is 1.86 bits per heavy atom. The third kappa shape index (κ3) is 7.67. The van der Waals surface area contributed by atoms with Gasteiger partial charge in [-0.1, -0.05) is 24.8 Å². The Kier molecular flexibility index (Phi) is 9.24. The molecule has 0 saturated heterocycles. The van der Waals surface area contributed by atoms with E-state index in [1.807, 2.05) is 12.1 Å². The summed E-state index contributed by atoms with van der Waals surface area (Å²) in [5.41, 5.74) is 1.90. The van der Waals surface area contributed by atoms with E-state index in [0.29, 0.717) is 36.8 Å². The predicted octanol–water partition coefficient (Wildman–Crippen LogP) is 3.07. The van der Waals surface area contributed by atoms with Crippen molar-refractivity contribution in [2.24, 2.45) is 0 Å². The van der Waals surface area contributed by atoms with Crippen molar-refractivity contribution in [3.63, 3.8) is 0 Å². The second-order valence-electron chi connectivity index (χ2n) is 6.18. The number of para-hydroxylation sites is 2. The van der Waals surface area contributed by atoms with E-state index in [4.69, 9.17) is 9.47 Å². The molecule has 2 aromatic rings. The van der Waals surface area contributed by atoms with Gasteiger partial charge in [0.05, 0.1) is 12.2 Å². The highest BCUT2D eigenvalue weighted by Gasteiger charge is 2.08. The van der Waals surface area contributed by atoms with Gasteiger partial charge in [-0.3, -0.25) is 9.59 Å². The molecule has 0 aliphatic carbocycles. The van der Waals surface area contributed by atoms with Crippen LogP contribution in [-0.4, -0.2) is 45.2 Å². The zero-order valence-corrected chi connectivity index (χ0v) is 16.6. The molecule has 0 bridgehead atoms. The largest absolute Gasteiger partial charge is 0.487 e. The molecule has 154 valence electrons. The minimum absolute atomic E-state index is 0.0817. The summed E-state index contributed by atoms with van der Waals surface area (Å²) in [6.07, 6.45) is 2.41. The van der Waals surface area contributed by atoms with E-state index in [1.165, 1.54) is 0 Å². The molecular weight excluding hydrogens is 370 g/mol. The van der Waals surface area contributed by atoms with Gasteiger partial charge in [-0.25, -0.2) is 0 Å². The number of benzene rings is 2. The summed E-state index contributed by atoms with van der Waals surface area (Å²) >= 11 is 0. The fraction of sp³-hybridized carbons (Fsp3) is 0.273. The Morgan fingerprint density at radius 1 is 1.10 bits per heavy atom. The molecule has 0 unspecified atom stereocenters. The van der Waals surface area contributed by atoms with Gasteiger partial charge < -0.3 is 25.4 Å². The molecule has 0 radical (unpaired) electrons. The summed E-state index contributed by atoms with van der Waals surface area (Å²) < 4.78 is 10.5. The van der Waals surface area contributed by atoms with Gasteiger partial charge in [0, 0.05) is 31.5 Å². The molecule has 0 spiro atoms. The molecule has 29 heavy (non-hydrogen) atoms. The van der Waals surface area contributed by atoms with Gasteiger partial charge in [-0.05, 0) is 42.8 Å². The molecule has 0 atom stereocenters. The van der Waals surface area contributed by atoms with Gasteiger partial charge in [-0.2, -0.15) is 0 Å². The van der Waals surface area contributed by atoms with Crippen LogP contribution in [0.25, 0.3) is 0 Å². The quantitative estimate of drug-likeness (QED) is 0.378. The van der Waals surface area contributed by atoms with Crippen LogP contribution in [0.1, 0.15) is 16.8 Å². The van der Waals surface area contributed by atoms with Gasteiger partial charge >= 0.3 is 0 Å². The van der Waals surface area contributed by atoms with Crippen molar-refractivity contribution < 1.29 is 19.1 Å². The lowest BCUT2D eigenvalue weighted by atomic mass is 10.2. The van der Waals surface area contributed by atoms with Crippen LogP contribution in [0.5, 0.6) is 5.75 Å². The monoisotopic (exact) mass is 397 g/mol. The van der Waals surface area contributed by atoms with Crippen molar-refractivity contribution in [1.82, 2.24) is 5.32 Å². The Labute approximate surface area is 171 Å². The van der Waals surface area contributed by atoms with Crippen LogP contribution < -0.4 is 20.7 Å². The van der Waals surface area contributed by atoms with Gasteiger partial charge in [0.2, 0.25) is 5.91 Å². The average molecular weight is 397 g/mol. The third-order valence-electron chi connectivity index (χ3n) is 3.93. The summed E-state index contributed by atoms with van der Waals surface area (Å²) in [5.74, 6) is 0.239. The first-order valence-electron chi connectivity index (χ1n) is 9.37. The Bertz CT molecular complexity index is 806. The fourth-order valence-corrected chi connectivity index (χ4v) is 2.48. The van der Waals surface area contributed by atoms with Crippen molar-refractivity contribution in [1.29, 1.82) is 0 Å². The minimum atomic E-state index is -0.209. The van der Waals surface area contributed by atoms with Crippen molar-refractivity contribution in [2.75, 3.05) is 44.0 Å². The van der Waals surface area contributed by atoms with Crippen molar-refractivity contribution >= 4 is 23.2 Å². The van der Waals surface area contributed by atoms with Gasteiger partial charge in [-0.15, -0.1) is 0 Å². The Balaban J connectivity index is 1.82. The van der Waals surface area contributed by atoms with Gasteiger partial charge in [0.1, 0.15) is 12.4 Å². The number of ether oxygens (including phenoxy) is 2. The molecule has 0 aliphatic rings. The zero-order chi connectivity index (χ0) is 20.9. The van der Waals surface area contributed by atoms with E-state index in [1.54, 1.807) is 49.6 Å². The number of amides is 2. The molecule has 7 heteroatoms. The van der Waals surface area contributed by atoms with Crippen molar-refractivity contribution in [2.45, 2.75) is 6.42 Å². The smallest absolute Gasteiger partial charge is 0.251 e. The maximum absolute atomic E-state index is 12.2. The molecule has 2 aromatic carbocycles. The van der Waals surface area contributed by atoms with Gasteiger partial charge in [0.25, 0.3) is 5.91 Å². The predicted molar refractivity (Wildman–Crippen MR) is 115 cm³/mol. The highest BCUT2D eigenvalue weighted by Crippen LogP contribution is 2.23. The van der Waals surface area contributed by atoms with Crippen molar-refractivity contribution in [3.05, 3.63) is 66.7 Å². The van der Waals surface area contributed by atoms with Crippen LogP contribution in [-0.2, 0) is 9.53 Å². The molecule has 0 aliphatic heterocycles. The van der Waals surface area contributed by atoms with Crippen LogP contribution >= 0.6 is 0 Å². The summed E-state index contributed by atoms with van der Waals surface area (Å²) in [6.45, 7) is 5.22. The highest BCUT2D eigenvalue weighted by atomic mass is 16.5. The lowest BCUT2D eigenvalue weighted by Crippen LogP contribution is -2.25. The number of anilines is 2. The maximum Gasteiger partial charge on any atom is 0.251 e. The number of carbonyl (C=O) groups is 2. The number of hydrogen-bond donors (Lipinski definition) is 3. The molecule has 2 amide bonds. The normalized spacial score (nSPS) is 10.1. The molecular formula is C22H27N3O4. The summed E-state index contributed by atoms with van der Waals surface area (Å²) in [7, 11) is 1.63. The summed E-state index contributed by atoms with van der Waals surface area (Å²) in [4.78, 5) is 24.3. The number of rotatable bonds is 12. The first kappa shape index (κ1) is 22.0. The van der Waals surface area contributed by atoms with E-state index in [9.17, 15) is 9.59 Å². The molecule has 2 rings (SSSR count). The van der Waals surface area contributed by atoms with E-state index in [-0.39, 0.29) is 18.4 Å². The SMILES string of the molecule is C=CCOc1ccccc1NC(=O)CNc1ccc(C(=O)NCCCOC)cc1. The Morgan fingerprint density at radius 3 is 2.59 bits per heavy atom. The second-order valence-corrected chi connectivity index (χ2v) is 6.18. The standard InChI is InChI=1S/C22H27N3O4/c1-3-14-29-20-8-5-4-7-19(20)25-21(26)16-24-18-11-9-17(10-12-18)22(27)23-13-6-15-28-2/h3-5,7-12,24H,1,6,13-16H2,2H3,(H,23,27)(H,25,26). The Hall–Kier alpha value is -3.32. The highest BCUT2D eigenvalue weighted by molar-refractivity contribution is 5.96. The maximum atomic E-state index is 12.2. The first-order valence-corrected chi connectivity index (χ1v) is 9.37. The molecule has 7 nitrogen and oxygen atoms in total. The average Bonchev–Trinajstić information content (AvgIpc) is 2.75. The van der Waals surface area contributed by atoms with Crippen LogP contribution in [0.2, 0.25) is 0 Å². The third-order valence-corrected chi connectivity index (χ3v) is 3.93. The minimum Gasteiger partial charge on any atom is -0.487 e. The number of methoxy groups -OCH3 is 1. The molecule has 0 aromatic heterocycles. The zero-order valence-electron chi connectivity index (χ0n) is 16.6. The molecule has 3 N–H and O–H groups in total.